The van der Waals surface area contributed by atoms with Gasteiger partial charge in [0.25, 0.3) is 0 Å². The van der Waals surface area contributed by atoms with Crippen LogP contribution in [0.2, 0.25) is 0 Å². The van der Waals surface area contributed by atoms with Crippen molar-refractivity contribution in [3.05, 3.63) is 0 Å². The van der Waals surface area contributed by atoms with Gasteiger partial charge in [-0.2, -0.15) is 0 Å². The summed E-state index contributed by atoms with van der Waals surface area (Å²) in [5.74, 6) is 1.89. The molecule has 2 aliphatic rings. The van der Waals surface area contributed by atoms with Crippen LogP contribution in [0.5, 0.6) is 0 Å². The summed E-state index contributed by atoms with van der Waals surface area (Å²) < 4.78 is 0. The average molecular weight is 282 g/mol. The van der Waals surface area contributed by atoms with Gasteiger partial charge in [-0.3, -0.25) is 0 Å². The molecular weight excluding hydrogens is 252 g/mol. The molecule has 2 fully saturated rings. The number of rotatable bonds is 4. The van der Waals surface area contributed by atoms with E-state index in [1.165, 1.54) is 64.2 Å². The van der Waals surface area contributed by atoms with Gasteiger partial charge in [0.1, 0.15) is 0 Å². The Labute approximate surface area is 124 Å². The molecule has 0 aromatic rings. The zero-order chi connectivity index (χ0) is 13.5. The molecule has 0 aliphatic heterocycles. The van der Waals surface area contributed by atoms with Crippen LogP contribution >= 0.6 is 12.2 Å². The molecule has 0 saturated heterocycles. The van der Waals surface area contributed by atoms with Crippen LogP contribution in [-0.4, -0.2) is 17.7 Å². The van der Waals surface area contributed by atoms with Crippen LogP contribution in [0, 0.1) is 11.8 Å². The third-order valence-corrected chi connectivity index (χ3v) is 5.18. The van der Waals surface area contributed by atoms with Crippen molar-refractivity contribution in [1.29, 1.82) is 0 Å². The maximum atomic E-state index is 5.40. The minimum absolute atomic E-state index is 0.629. The molecule has 0 spiro atoms. The van der Waals surface area contributed by atoms with Crippen LogP contribution in [0.25, 0.3) is 0 Å². The fourth-order valence-corrected chi connectivity index (χ4v) is 3.76. The van der Waals surface area contributed by atoms with E-state index in [0.29, 0.717) is 6.04 Å². The highest BCUT2D eigenvalue weighted by Gasteiger charge is 2.18. The smallest absolute Gasteiger partial charge is 0.166 e. The minimum atomic E-state index is 0.629. The van der Waals surface area contributed by atoms with E-state index >= 15 is 0 Å². The largest absolute Gasteiger partial charge is 0.363 e. The van der Waals surface area contributed by atoms with Crippen molar-refractivity contribution >= 4 is 17.3 Å². The van der Waals surface area contributed by atoms with Crippen molar-refractivity contribution in [3.8, 4) is 0 Å². The molecule has 2 saturated carbocycles. The van der Waals surface area contributed by atoms with Crippen LogP contribution < -0.4 is 10.6 Å². The predicted molar refractivity (Wildman–Crippen MR) is 86.3 cm³/mol. The highest BCUT2D eigenvalue weighted by molar-refractivity contribution is 7.80. The number of hydrogen-bond acceptors (Lipinski definition) is 1. The van der Waals surface area contributed by atoms with E-state index in [2.05, 4.69) is 17.6 Å². The molecule has 19 heavy (non-hydrogen) atoms. The van der Waals surface area contributed by atoms with Gasteiger partial charge in [0.2, 0.25) is 0 Å². The predicted octanol–water partition coefficient (Wildman–Crippen LogP) is 4.00. The highest BCUT2D eigenvalue weighted by atomic mass is 32.1. The van der Waals surface area contributed by atoms with Gasteiger partial charge < -0.3 is 10.6 Å². The summed E-state index contributed by atoms with van der Waals surface area (Å²) in [5.41, 5.74) is 0. The summed E-state index contributed by atoms with van der Waals surface area (Å²) in [6, 6.07) is 0.629. The van der Waals surface area contributed by atoms with E-state index in [1.807, 2.05) is 0 Å². The molecular formula is C16H30N2S. The van der Waals surface area contributed by atoms with Gasteiger partial charge in [-0.1, -0.05) is 51.9 Å². The third kappa shape index (κ3) is 5.68. The zero-order valence-electron chi connectivity index (χ0n) is 12.4. The van der Waals surface area contributed by atoms with Crippen LogP contribution in [0.15, 0.2) is 0 Å². The summed E-state index contributed by atoms with van der Waals surface area (Å²) in [5, 5.41) is 7.78. The first-order chi connectivity index (χ1) is 9.24. The Balaban J connectivity index is 1.53. The molecule has 0 amide bonds. The molecule has 2 N–H and O–H groups in total. The molecule has 110 valence electrons. The topological polar surface area (TPSA) is 24.1 Å². The molecule has 0 unspecified atom stereocenters. The Morgan fingerprint density at radius 3 is 2.37 bits per heavy atom. The number of thiocarbonyl (C=S) groups is 1. The second-order valence-electron chi connectivity index (χ2n) is 6.65. The fraction of sp³-hybridized carbons (Fsp3) is 0.938. The van der Waals surface area contributed by atoms with Gasteiger partial charge in [0.05, 0.1) is 0 Å². The van der Waals surface area contributed by atoms with Crippen molar-refractivity contribution in [2.75, 3.05) is 6.54 Å². The first-order valence-electron chi connectivity index (χ1n) is 8.28. The number of nitrogens with one attached hydrogen (secondary N) is 2. The Kier molecular flexibility index (Phi) is 6.42. The van der Waals surface area contributed by atoms with Gasteiger partial charge in [0.15, 0.2) is 5.11 Å². The van der Waals surface area contributed by atoms with Gasteiger partial charge in [-0.25, -0.2) is 0 Å². The van der Waals surface area contributed by atoms with Crippen LogP contribution in [0.1, 0.15) is 71.1 Å². The SMILES string of the molecule is CC1CCC(CCNC(=S)NC2CCCCC2)CC1. The second-order valence-corrected chi connectivity index (χ2v) is 7.06. The maximum absolute atomic E-state index is 5.40. The monoisotopic (exact) mass is 282 g/mol. The Bertz CT molecular complexity index is 266. The van der Waals surface area contributed by atoms with E-state index in [4.69, 9.17) is 12.2 Å². The first-order valence-corrected chi connectivity index (χ1v) is 8.69. The van der Waals surface area contributed by atoms with Crippen molar-refractivity contribution in [3.63, 3.8) is 0 Å². The second kappa shape index (κ2) is 8.08. The van der Waals surface area contributed by atoms with Gasteiger partial charge in [0, 0.05) is 12.6 Å². The maximum Gasteiger partial charge on any atom is 0.166 e. The van der Waals surface area contributed by atoms with Crippen LogP contribution in [0.4, 0.5) is 0 Å². The summed E-state index contributed by atoms with van der Waals surface area (Å²) in [4.78, 5) is 0. The summed E-state index contributed by atoms with van der Waals surface area (Å²) in [7, 11) is 0. The van der Waals surface area contributed by atoms with Gasteiger partial charge in [-0.05, 0) is 43.3 Å². The van der Waals surface area contributed by atoms with Crippen molar-refractivity contribution in [1.82, 2.24) is 10.6 Å². The minimum Gasteiger partial charge on any atom is -0.363 e. The zero-order valence-corrected chi connectivity index (χ0v) is 13.2. The number of hydrogen-bond donors (Lipinski definition) is 2. The van der Waals surface area contributed by atoms with Crippen molar-refractivity contribution in [2.45, 2.75) is 77.2 Å². The third-order valence-electron chi connectivity index (χ3n) is 4.91. The lowest BCUT2D eigenvalue weighted by Crippen LogP contribution is -2.43. The summed E-state index contributed by atoms with van der Waals surface area (Å²) in [6.07, 6.45) is 13.7. The first kappa shape index (κ1) is 15.1. The quantitative estimate of drug-likeness (QED) is 0.762. The molecule has 0 bridgehead atoms. The lowest BCUT2D eigenvalue weighted by atomic mass is 9.81. The van der Waals surface area contributed by atoms with Gasteiger partial charge >= 0.3 is 0 Å². The summed E-state index contributed by atoms with van der Waals surface area (Å²) in [6.45, 7) is 3.44. The molecule has 0 aromatic heterocycles. The normalized spacial score (nSPS) is 28.9. The Morgan fingerprint density at radius 2 is 1.68 bits per heavy atom. The molecule has 3 heteroatoms. The molecule has 0 aromatic carbocycles. The van der Waals surface area contributed by atoms with Crippen molar-refractivity contribution < 1.29 is 0 Å². The molecule has 0 atom stereocenters. The molecule has 0 heterocycles. The van der Waals surface area contributed by atoms with Crippen LogP contribution in [-0.2, 0) is 0 Å². The Morgan fingerprint density at radius 1 is 1.00 bits per heavy atom. The standard InChI is InChI=1S/C16H30N2S/c1-13-7-9-14(10-8-13)11-12-17-16(19)18-15-5-3-2-4-6-15/h13-15H,2-12H2,1H3,(H2,17,18,19). The lowest BCUT2D eigenvalue weighted by Gasteiger charge is -2.27. The van der Waals surface area contributed by atoms with Crippen molar-refractivity contribution in [2.24, 2.45) is 11.8 Å². The molecule has 2 aliphatic carbocycles. The van der Waals surface area contributed by atoms with E-state index in [0.717, 1.165) is 23.5 Å². The lowest BCUT2D eigenvalue weighted by molar-refractivity contribution is 0.278. The van der Waals surface area contributed by atoms with Crippen LogP contribution in [0.3, 0.4) is 0 Å². The Hall–Kier alpha value is -0.310. The van der Waals surface area contributed by atoms with E-state index in [-0.39, 0.29) is 0 Å². The molecule has 2 nitrogen and oxygen atoms in total. The molecule has 2 rings (SSSR count). The molecule has 0 radical (unpaired) electrons. The van der Waals surface area contributed by atoms with Gasteiger partial charge in [-0.15, -0.1) is 0 Å². The van der Waals surface area contributed by atoms with E-state index < -0.39 is 0 Å². The summed E-state index contributed by atoms with van der Waals surface area (Å²) >= 11 is 5.40. The van der Waals surface area contributed by atoms with E-state index in [1.54, 1.807) is 0 Å². The average Bonchev–Trinajstić information content (AvgIpc) is 2.42. The highest BCUT2D eigenvalue weighted by Crippen LogP contribution is 2.29. The van der Waals surface area contributed by atoms with E-state index in [9.17, 15) is 0 Å². The fourth-order valence-electron chi connectivity index (χ4n) is 3.49.